The lowest BCUT2D eigenvalue weighted by Crippen LogP contribution is -2.21. The quantitative estimate of drug-likeness (QED) is 0.255. The van der Waals surface area contributed by atoms with E-state index in [0.717, 1.165) is 44.8 Å². The number of H-pyrrole nitrogens is 1. The van der Waals surface area contributed by atoms with Crippen molar-refractivity contribution in [3.63, 3.8) is 0 Å². The van der Waals surface area contributed by atoms with E-state index < -0.39 is 0 Å². The Kier molecular flexibility index (Phi) is 8.49. The van der Waals surface area contributed by atoms with E-state index in [4.69, 9.17) is 9.47 Å². The Balaban J connectivity index is 2.29. The molecule has 0 radical (unpaired) electrons. The number of hydrogen-bond donors (Lipinski definition) is 1. The van der Waals surface area contributed by atoms with Gasteiger partial charge < -0.3 is 14.5 Å². The van der Waals surface area contributed by atoms with E-state index in [2.05, 4.69) is 124 Å². The van der Waals surface area contributed by atoms with Gasteiger partial charge in [0, 0.05) is 47.5 Å². The van der Waals surface area contributed by atoms with Crippen LogP contribution < -0.4 is 9.47 Å². The molecule has 1 heterocycles. The van der Waals surface area contributed by atoms with Crippen molar-refractivity contribution in [2.45, 2.75) is 119 Å². The number of carbonyl (C=O) groups is 2. The van der Waals surface area contributed by atoms with E-state index in [1.165, 1.54) is 13.8 Å². The molecule has 0 saturated heterocycles. The van der Waals surface area contributed by atoms with Gasteiger partial charge in [0.1, 0.15) is 11.5 Å². The smallest absolute Gasteiger partial charge is 0.308 e. The summed E-state index contributed by atoms with van der Waals surface area (Å²) in [5.41, 5.74) is 6.99. The lowest BCUT2D eigenvalue weighted by Gasteiger charge is -2.30. The Labute approximate surface area is 247 Å². The molecule has 2 aromatic carbocycles. The Hall–Kier alpha value is -3.34. The first-order valence-electron chi connectivity index (χ1n) is 14.4. The molecule has 0 aliphatic heterocycles. The van der Waals surface area contributed by atoms with Gasteiger partial charge in [-0.3, -0.25) is 9.59 Å². The van der Waals surface area contributed by atoms with Crippen molar-refractivity contribution in [3.05, 3.63) is 58.7 Å². The molecule has 5 nitrogen and oxygen atoms in total. The lowest BCUT2D eigenvalue weighted by atomic mass is 9.78. The van der Waals surface area contributed by atoms with Crippen LogP contribution in [-0.4, -0.2) is 16.9 Å². The molecule has 0 spiro atoms. The fraction of sp³-hybridized carbons (Fsp3) is 0.500. The van der Waals surface area contributed by atoms with E-state index in [0.29, 0.717) is 11.5 Å². The molecule has 222 valence electrons. The zero-order valence-electron chi connectivity index (χ0n) is 27.6. The van der Waals surface area contributed by atoms with Crippen LogP contribution in [0.25, 0.3) is 22.5 Å². The number of hydrogen-bond acceptors (Lipinski definition) is 4. The van der Waals surface area contributed by atoms with Gasteiger partial charge in [-0.15, -0.1) is 0 Å². The van der Waals surface area contributed by atoms with E-state index >= 15 is 0 Å². The lowest BCUT2D eigenvalue weighted by molar-refractivity contribution is -0.133. The molecule has 41 heavy (non-hydrogen) atoms. The van der Waals surface area contributed by atoms with Crippen LogP contribution in [0.2, 0.25) is 0 Å². The number of aromatic amines is 1. The molecule has 1 aromatic heterocycles. The minimum absolute atomic E-state index is 0.244. The molecule has 0 aliphatic rings. The van der Waals surface area contributed by atoms with Gasteiger partial charge in [-0.2, -0.15) is 0 Å². The van der Waals surface area contributed by atoms with Crippen molar-refractivity contribution >= 4 is 11.9 Å². The molecule has 0 aliphatic carbocycles. The molecule has 5 heteroatoms. The minimum atomic E-state index is -0.322. The molecule has 1 N–H and O–H groups in total. The van der Waals surface area contributed by atoms with Crippen molar-refractivity contribution in [1.29, 1.82) is 0 Å². The van der Waals surface area contributed by atoms with Crippen molar-refractivity contribution < 1.29 is 19.1 Å². The minimum Gasteiger partial charge on any atom is -0.426 e. The van der Waals surface area contributed by atoms with Crippen LogP contribution >= 0.6 is 0 Å². The van der Waals surface area contributed by atoms with Crippen molar-refractivity contribution in [2.24, 2.45) is 0 Å². The van der Waals surface area contributed by atoms with Gasteiger partial charge >= 0.3 is 11.9 Å². The summed E-state index contributed by atoms with van der Waals surface area (Å²) in [5, 5.41) is 0. The molecule has 3 rings (SSSR count). The van der Waals surface area contributed by atoms with E-state index in [1.54, 1.807) is 0 Å². The maximum absolute atomic E-state index is 12.1. The molecular weight excluding hydrogens is 510 g/mol. The Morgan fingerprint density at radius 3 is 0.951 bits per heavy atom. The second-order valence-corrected chi connectivity index (χ2v) is 15.3. The largest absolute Gasteiger partial charge is 0.426 e. The first kappa shape index (κ1) is 32.2. The first-order chi connectivity index (χ1) is 18.5. The molecule has 0 atom stereocenters. The number of carbonyl (C=O) groups excluding carboxylic acids is 2. The average molecular weight is 560 g/mol. The summed E-state index contributed by atoms with van der Waals surface area (Å²) >= 11 is 0. The van der Waals surface area contributed by atoms with Crippen LogP contribution in [0.5, 0.6) is 11.5 Å². The van der Waals surface area contributed by atoms with Crippen molar-refractivity contribution in [1.82, 2.24) is 4.98 Å². The Morgan fingerprint density at radius 1 is 0.512 bits per heavy atom. The maximum atomic E-state index is 12.1. The number of aromatic nitrogens is 1. The molecule has 0 unspecified atom stereocenters. The van der Waals surface area contributed by atoms with Crippen LogP contribution in [0.1, 0.15) is 119 Å². The van der Waals surface area contributed by atoms with Gasteiger partial charge in [0.25, 0.3) is 0 Å². The summed E-state index contributed by atoms with van der Waals surface area (Å²) in [5.74, 6) is 0.660. The second-order valence-electron chi connectivity index (χ2n) is 15.3. The zero-order valence-corrected chi connectivity index (χ0v) is 27.6. The predicted molar refractivity (Wildman–Crippen MR) is 169 cm³/mol. The number of ether oxygens (including phenoxy) is 2. The predicted octanol–water partition coefficient (Wildman–Crippen LogP) is 9.39. The van der Waals surface area contributed by atoms with Crippen LogP contribution in [0, 0.1) is 0 Å². The normalized spacial score (nSPS) is 12.8. The van der Waals surface area contributed by atoms with E-state index in [-0.39, 0.29) is 33.6 Å². The maximum Gasteiger partial charge on any atom is 0.308 e. The summed E-state index contributed by atoms with van der Waals surface area (Å²) in [6.45, 7) is 28.6. The Morgan fingerprint density at radius 2 is 0.756 bits per heavy atom. The summed E-state index contributed by atoms with van der Waals surface area (Å²) in [6.07, 6.45) is 0. The third kappa shape index (κ3) is 7.30. The van der Waals surface area contributed by atoms with Gasteiger partial charge in [0.2, 0.25) is 0 Å². The highest BCUT2D eigenvalue weighted by atomic mass is 16.5. The Bertz CT molecular complexity index is 1280. The molecule has 0 saturated carbocycles. The van der Waals surface area contributed by atoms with Gasteiger partial charge in [-0.05, 0) is 69.2 Å². The highest BCUT2D eigenvalue weighted by Gasteiger charge is 2.31. The van der Waals surface area contributed by atoms with Crippen molar-refractivity contribution in [2.75, 3.05) is 0 Å². The standard InChI is InChI=1S/C36H49NO4/c1-21(38)40-31-25(33(3,4)5)17-23(18-26(31)34(6,7)8)29-15-16-30(37-29)24-19-27(35(9,10)11)32(41-22(2)39)28(20-24)36(12,13)14/h15-20,37H,1-14H3. The molecule has 3 aromatic rings. The highest BCUT2D eigenvalue weighted by Crippen LogP contribution is 2.45. The number of benzene rings is 2. The average Bonchev–Trinajstić information content (AvgIpc) is 3.25. The third-order valence-electron chi connectivity index (χ3n) is 7.21. The second kappa shape index (κ2) is 10.8. The summed E-state index contributed by atoms with van der Waals surface area (Å²) in [4.78, 5) is 27.9. The zero-order chi connectivity index (χ0) is 31.3. The van der Waals surface area contributed by atoms with Crippen LogP contribution in [0.4, 0.5) is 0 Å². The number of nitrogens with one attached hydrogen (secondary N) is 1. The van der Waals surface area contributed by atoms with Gasteiger partial charge in [-0.25, -0.2) is 0 Å². The van der Waals surface area contributed by atoms with Crippen LogP contribution in [0.3, 0.4) is 0 Å². The highest BCUT2D eigenvalue weighted by molar-refractivity contribution is 5.77. The van der Waals surface area contributed by atoms with E-state index in [1.807, 2.05) is 0 Å². The van der Waals surface area contributed by atoms with Gasteiger partial charge in [-0.1, -0.05) is 83.1 Å². The van der Waals surface area contributed by atoms with Crippen LogP contribution in [-0.2, 0) is 31.2 Å². The number of rotatable bonds is 4. The molecule has 0 amide bonds. The molecule has 0 fully saturated rings. The fourth-order valence-electron chi connectivity index (χ4n) is 5.04. The topological polar surface area (TPSA) is 68.4 Å². The van der Waals surface area contributed by atoms with Gasteiger partial charge in [0.05, 0.1) is 0 Å². The van der Waals surface area contributed by atoms with E-state index in [9.17, 15) is 9.59 Å². The summed E-state index contributed by atoms with van der Waals surface area (Å²) in [7, 11) is 0. The molecular formula is C36H49NO4. The van der Waals surface area contributed by atoms with Crippen molar-refractivity contribution in [3.8, 4) is 34.0 Å². The molecule has 0 bridgehead atoms. The summed E-state index contributed by atoms with van der Waals surface area (Å²) < 4.78 is 11.7. The monoisotopic (exact) mass is 559 g/mol. The summed E-state index contributed by atoms with van der Waals surface area (Å²) in [6, 6.07) is 12.7. The SMILES string of the molecule is CC(=O)Oc1c(C(C)(C)C)cc(-c2ccc(-c3cc(C(C)(C)C)c(OC(C)=O)c(C(C)(C)C)c3)[nH]2)cc1C(C)(C)C. The third-order valence-corrected chi connectivity index (χ3v) is 7.21. The van der Waals surface area contributed by atoms with Gasteiger partial charge in [0.15, 0.2) is 0 Å². The fourth-order valence-corrected chi connectivity index (χ4v) is 5.04. The first-order valence-corrected chi connectivity index (χ1v) is 14.4. The van der Waals surface area contributed by atoms with Crippen LogP contribution in [0.15, 0.2) is 36.4 Å². The number of esters is 2.